The molecule has 0 amide bonds. The Bertz CT molecular complexity index is 1350. The molecular formula is C27H29ClN2O3S. The van der Waals surface area contributed by atoms with Gasteiger partial charge < -0.3 is 14.4 Å². The number of ether oxygens (including phenoxy) is 1. The molecule has 0 spiro atoms. The topological polar surface area (TPSA) is 64.4 Å². The predicted molar refractivity (Wildman–Crippen MR) is 139 cm³/mol. The average Bonchev–Trinajstić information content (AvgIpc) is 3.34. The van der Waals surface area contributed by atoms with Crippen LogP contribution in [-0.2, 0) is 16.1 Å². The van der Waals surface area contributed by atoms with Crippen molar-refractivity contribution >= 4 is 39.9 Å². The number of hydrogen-bond acceptors (Lipinski definition) is 4. The number of carbonyl (C=O) groups is 1. The van der Waals surface area contributed by atoms with E-state index in [1.54, 1.807) is 11.3 Å². The SMILES string of the molecule is Cc1nc2c(c(C)c(C)n2Cc2ccsc2)c(-c2ccc(Cl)cc2)c1[C@H](OC(C)(C)C)C(=O)O. The van der Waals surface area contributed by atoms with E-state index in [-0.39, 0.29) is 0 Å². The van der Waals surface area contributed by atoms with Gasteiger partial charge in [-0.15, -0.1) is 0 Å². The molecule has 5 nitrogen and oxygen atoms in total. The zero-order chi connectivity index (χ0) is 24.8. The van der Waals surface area contributed by atoms with Crippen molar-refractivity contribution in [2.45, 2.75) is 59.8 Å². The minimum absolute atomic E-state index is 0.577. The van der Waals surface area contributed by atoms with Crippen LogP contribution in [0.25, 0.3) is 22.2 Å². The molecule has 4 aromatic rings. The number of carboxylic acids is 1. The number of rotatable bonds is 6. The second-order valence-corrected chi connectivity index (χ2v) is 10.8. The van der Waals surface area contributed by atoms with E-state index >= 15 is 0 Å². The number of nitrogens with zero attached hydrogens (tertiary/aromatic N) is 2. The van der Waals surface area contributed by atoms with Gasteiger partial charge in [-0.05, 0) is 87.2 Å². The molecule has 0 aliphatic rings. The normalized spacial score (nSPS) is 12.9. The number of benzene rings is 1. The summed E-state index contributed by atoms with van der Waals surface area (Å²) in [6.07, 6.45) is -1.16. The van der Waals surface area contributed by atoms with Gasteiger partial charge >= 0.3 is 5.97 Å². The molecule has 3 heterocycles. The lowest BCUT2D eigenvalue weighted by molar-refractivity contribution is -0.160. The minimum Gasteiger partial charge on any atom is -0.479 e. The lowest BCUT2D eigenvalue weighted by atomic mass is 9.91. The third-order valence-electron chi connectivity index (χ3n) is 6.00. The van der Waals surface area contributed by atoms with Crippen LogP contribution in [0.4, 0.5) is 0 Å². The summed E-state index contributed by atoms with van der Waals surface area (Å²) >= 11 is 7.86. The predicted octanol–water partition coefficient (Wildman–Crippen LogP) is 7.33. The van der Waals surface area contributed by atoms with Gasteiger partial charge in [-0.25, -0.2) is 9.78 Å². The standard InChI is InChI=1S/C27H29ClN2O3S/c1-15-17(3)30(13-18-11-12-34-14-18)25-21(15)23(19-7-9-20(28)10-8-19)22(16(2)29-25)24(26(31)32)33-27(4,5)6/h7-12,14,24H,13H2,1-6H3,(H,31,32)/t24-/m0/s1. The first-order valence-electron chi connectivity index (χ1n) is 11.2. The number of thiophene rings is 1. The molecule has 178 valence electrons. The highest BCUT2D eigenvalue weighted by atomic mass is 35.5. The first kappa shape index (κ1) is 24.5. The largest absolute Gasteiger partial charge is 0.479 e. The number of aryl methyl sites for hydroxylation is 2. The maximum atomic E-state index is 12.5. The molecule has 4 rings (SSSR count). The van der Waals surface area contributed by atoms with E-state index in [1.807, 2.05) is 52.0 Å². The first-order chi connectivity index (χ1) is 16.0. The van der Waals surface area contributed by atoms with E-state index in [2.05, 4.69) is 35.2 Å². The fourth-order valence-electron chi connectivity index (χ4n) is 4.38. The summed E-state index contributed by atoms with van der Waals surface area (Å²) in [6, 6.07) is 9.63. The summed E-state index contributed by atoms with van der Waals surface area (Å²) in [6.45, 7) is 12.3. The van der Waals surface area contributed by atoms with E-state index < -0.39 is 17.7 Å². The smallest absolute Gasteiger partial charge is 0.337 e. The van der Waals surface area contributed by atoms with E-state index in [0.29, 0.717) is 22.8 Å². The van der Waals surface area contributed by atoms with Gasteiger partial charge in [0.1, 0.15) is 5.65 Å². The first-order valence-corrected chi connectivity index (χ1v) is 12.5. The van der Waals surface area contributed by atoms with Crippen LogP contribution in [0.2, 0.25) is 5.02 Å². The number of aromatic nitrogens is 2. The molecule has 0 saturated carbocycles. The molecule has 1 atom stereocenters. The molecule has 0 aliphatic heterocycles. The lowest BCUT2D eigenvalue weighted by Crippen LogP contribution is -2.28. The number of halogens is 1. The second-order valence-electron chi connectivity index (χ2n) is 9.57. The van der Waals surface area contributed by atoms with Crippen LogP contribution in [0.3, 0.4) is 0 Å². The van der Waals surface area contributed by atoms with Crippen LogP contribution in [0.5, 0.6) is 0 Å². The molecule has 34 heavy (non-hydrogen) atoms. The lowest BCUT2D eigenvalue weighted by Gasteiger charge is -2.28. The van der Waals surface area contributed by atoms with Crippen molar-refractivity contribution in [1.82, 2.24) is 9.55 Å². The summed E-state index contributed by atoms with van der Waals surface area (Å²) in [7, 11) is 0. The molecule has 0 bridgehead atoms. The van der Waals surface area contributed by atoms with Crippen LogP contribution in [0.1, 0.15) is 55.0 Å². The Morgan fingerprint density at radius 3 is 2.41 bits per heavy atom. The Labute approximate surface area is 209 Å². The Morgan fingerprint density at radius 2 is 1.85 bits per heavy atom. The number of aliphatic carboxylic acids is 1. The maximum absolute atomic E-state index is 12.5. The summed E-state index contributed by atoms with van der Waals surface area (Å²) in [4.78, 5) is 17.5. The summed E-state index contributed by atoms with van der Waals surface area (Å²) < 4.78 is 8.30. The van der Waals surface area contributed by atoms with E-state index in [9.17, 15) is 9.90 Å². The van der Waals surface area contributed by atoms with Crippen molar-refractivity contribution < 1.29 is 14.6 Å². The van der Waals surface area contributed by atoms with Gasteiger partial charge in [0.15, 0.2) is 6.10 Å². The highest BCUT2D eigenvalue weighted by Gasteiger charge is 2.33. The number of pyridine rings is 1. The summed E-state index contributed by atoms with van der Waals surface area (Å²) in [5, 5.41) is 16.0. The highest BCUT2D eigenvalue weighted by molar-refractivity contribution is 7.07. The summed E-state index contributed by atoms with van der Waals surface area (Å²) in [5.41, 5.74) is 6.50. The summed E-state index contributed by atoms with van der Waals surface area (Å²) in [5.74, 6) is -1.04. The Kier molecular flexibility index (Phi) is 6.60. The van der Waals surface area contributed by atoms with E-state index in [1.165, 1.54) is 5.56 Å². The molecule has 0 saturated heterocycles. The highest BCUT2D eigenvalue weighted by Crippen LogP contribution is 2.42. The Morgan fingerprint density at radius 1 is 1.18 bits per heavy atom. The molecule has 3 aromatic heterocycles. The molecule has 1 aromatic carbocycles. The van der Waals surface area contributed by atoms with Crippen molar-refractivity contribution in [2.75, 3.05) is 0 Å². The van der Waals surface area contributed by atoms with Crippen molar-refractivity contribution in [1.29, 1.82) is 0 Å². The van der Waals surface area contributed by atoms with Gasteiger partial charge in [0.2, 0.25) is 0 Å². The van der Waals surface area contributed by atoms with Gasteiger partial charge in [-0.3, -0.25) is 0 Å². The van der Waals surface area contributed by atoms with Crippen LogP contribution in [0, 0.1) is 20.8 Å². The zero-order valence-electron chi connectivity index (χ0n) is 20.3. The van der Waals surface area contributed by atoms with Gasteiger partial charge in [-0.2, -0.15) is 11.3 Å². The molecule has 7 heteroatoms. The molecule has 0 unspecified atom stereocenters. The number of hydrogen-bond donors (Lipinski definition) is 1. The number of carboxylic acid groups (broad SMARTS) is 1. The second kappa shape index (κ2) is 9.17. The zero-order valence-corrected chi connectivity index (χ0v) is 21.8. The molecule has 1 N–H and O–H groups in total. The molecule has 0 radical (unpaired) electrons. The quantitative estimate of drug-likeness (QED) is 0.303. The Balaban J connectivity index is 2.09. The van der Waals surface area contributed by atoms with E-state index in [4.69, 9.17) is 21.3 Å². The van der Waals surface area contributed by atoms with Gasteiger partial charge in [0, 0.05) is 32.9 Å². The monoisotopic (exact) mass is 496 g/mol. The molecule has 0 aliphatic carbocycles. The van der Waals surface area contributed by atoms with E-state index in [0.717, 1.165) is 33.4 Å². The van der Waals surface area contributed by atoms with Crippen molar-refractivity contribution in [3.8, 4) is 11.1 Å². The van der Waals surface area contributed by atoms with Gasteiger partial charge in [-0.1, -0.05) is 23.7 Å². The minimum atomic E-state index is -1.16. The molecular weight excluding hydrogens is 468 g/mol. The van der Waals surface area contributed by atoms with Crippen LogP contribution in [0.15, 0.2) is 41.1 Å². The fraction of sp³-hybridized carbons (Fsp3) is 0.333. The van der Waals surface area contributed by atoms with Gasteiger partial charge in [0.05, 0.1) is 12.1 Å². The average molecular weight is 497 g/mol. The van der Waals surface area contributed by atoms with Crippen LogP contribution >= 0.6 is 22.9 Å². The third-order valence-corrected chi connectivity index (χ3v) is 6.98. The Hall–Kier alpha value is -2.67. The third kappa shape index (κ3) is 4.63. The van der Waals surface area contributed by atoms with Crippen molar-refractivity contribution in [2.24, 2.45) is 0 Å². The van der Waals surface area contributed by atoms with Gasteiger partial charge in [0.25, 0.3) is 0 Å². The van der Waals surface area contributed by atoms with Crippen LogP contribution < -0.4 is 0 Å². The number of fused-ring (bicyclic) bond motifs is 1. The maximum Gasteiger partial charge on any atom is 0.337 e. The van der Waals surface area contributed by atoms with Crippen molar-refractivity contribution in [3.63, 3.8) is 0 Å². The molecule has 0 fully saturated rings. The van der Waals surface area contributed by atoms with Crippen molar-refractivity contribution in [3.05, 3.63) is 74.2 Å². The van der Waals surface area contributed by atoms with Crippen LogP contribution in [-0.4, -0.2) is 26.2 Å². The fourth-order valence-corrected chi connectivity index (χ4v) is 5.16.